The summed E-state index contributed by atoms with van der Waals surface area (Å²) in [6.07, 6.45) is 3.19. The summed E-state index contributed by atoms with van der Waals surface area (Å²) in [5.41, 5.74) is 8.50. The van der Waals surface area contributed by atoms with E-state index in [4.69, 9.17) is 16.4 Å². The lowest BCUT2D eigenvalue weighted by atomic mass is 10.7. The van der Waals surface area contributed by atoms with Gasteiger partial charge in [0, 0.05) is 12.4 Å². The summed E-state index contributed by atoms with van der Waals surface area (Å²) >= 11 is 5.32. The molecule has 0 atom stereocenters. The monoisotopic (exact) mass is 174 g/mol. The highest BCUT2D eigenvalue weighted by atomic mass is 35.5. The highest BCUT2D eigenvalue weighted by Crippen LogP contribution is 1.92. The predicted octanol–water partition coefficient (Wildman–Crippen LogP) is 0.154. The second kappa shape index (κ2) is 5.43. The van der Waals surface area contributed by atoms with E-state index < -0.39 is 6.03 Å². The van der Waals surface area contributed by atoms with Crippen LogP contribution in [0.4, 0.5) is 4.79 Å². The summed E-state index contributed by atoms with van der Waals surface area (Å²) < 4.78 is 0. The van der Waals surface area contributed by atoms with Crippen molar-refractivity contribution in [3.8, 4) is 0 Å². The SMILES string of the molecule is Clc1ncccn1.NC(N)=O. The van der Waals surface area contributed by atoms with E-state index in [2.05, 4.69) is 21.4 Å². The minimum atomic E-state index is -0.833. The summed E-state index contributed by atoms with van der Waals surface area (Å²) in [6.45, 7) is 0. The zero-order valence-electron chi connectivity index (χ0n) is 5.57. The third-order valence-electron chi connectivity index (χ3n) is 0.534. The Labute approximate surface area is 68.4 Å². The Kier molecular flexibility index (Phi) is 4.76. The summed E-state index contributed by atoms with van der Waals surface area (Å²) in [5, 5.41) is 0.294. The molecule has 0 aliphatic heterocycles. The van der Waals surface area contributed by atoms with Crippen LogP contribution in [0, 0.1) is 0 Å². The fourth-order valence-corrected chi connectivity index (χ4v) is 0.394. The summed E-state index contributed by atoms with van der Waals surface area (Å²) in [6, 6.07) is 0.881. The van der Waals surface area contributed by atoms with Gasteiger partial charge in [-0.25, -0.2) is 14.8 Å². The molecule has 1 rings (SSSR count). The molecule has 60 valence electrons. The first-order chi connectivity index (χ1) is 5.13. The highest BCUT2D eigenvalue weighted by molar-refractivity contribution is 6.28. The van der Waals surface area contributed by atoms with Crippen LogP contribution in [0.2, 0.25) is 5.28 Å². The van der Waals surface area contributed by atoms with Gasteiger partial charge in [-0.15, -0.1) is 0 Å². The summed E-state index contributed by atoms with van der Waals surface area (Å²) in [5.74, 6) is 0. The van der Waals surface area contributed by atoms with Crippen LogP contribution in [0.15, 0.2) is 18.5 Å². The lowest BCUT2D eigenvalue weighted by Gasteiger charge is -1.78. The van der Waals surface area contributed by atoms with E-state index >= 15 is 0 Å². The standard InChI is InChI=1S/C4H3ClN2.CH4N2O/c5-4-6-2-1-3-7-4;2-1(3)4/h1-3H;(H4,2,3,4). The molecule has 0 aliphatic rings. The fourth-order valence-electron chi connectivity index (χ4n) is 0.281. The van der Waals surface area contributed by atoms with Crippen LogP contribution >= 0.6 is 11.6 Å². The molecule has 0 fully saturated rings. The Morgan fingerprint density at radius 1 is 1.36 bits per heavy atom. The van der Waals surface area contributed by atoms with E-state index in [1.54, 1.807) is 18.5 Å². The largest absolute Gasteiger partial charge is 0.352 e. The van der Waals surface area contributed by atoms with Gasteiger partial charge in [-0.1, -0.05) is 0 Å². The van der Waals surface area contributed by atoms with Crippen LogP contribution in [0.25, 0.3) is 0 Å². The zero-order valence-corrected chi connectivity index (χ0v) is 6.32. The van der Waals surface area contributed by atoms with Crippen molar-refractivity contribution in [2.24, 2.45) is 11.5 Å². The second-order valence-corrected chi connectivity index (χ2v) is 1.76. The number of primary amides is 2. The number of urea groups is 1. The van der Waals surface area contributed by atoms with Gasteiger partial charge in [0.05, 0.1) is 0 Å². The van der Waals surface area contributed by atoms with Gasteiger partial charge in [0.1, 0.15) is 0 Å². The van der Waals surface area contributed by atoms with Crippen molar-refractivity contribution in [2.45, 2.75) is 0 Å². The molecule has 2 amide bonds. The topological polar surface area (TPSA) is 94.9 Å². The molecular weight excluding hydrogens is 168 g/mol. The molecule has 5 nitrogen and oxygen atoms in total. The molecular formula is C5H7ClN4O. The van der Waals surface area contributed by atoms with Crippen LogP contribution < -0.4 is 11.5 Å². The molecule has 1 heterocycles. The maximum absolute atomic E-state index is 9.00. The van der Waals surface area contributed by atoms with Crippen molar-refractivity contribution in [3.05, 3.63) is 23.7 Å². The van der Waals surface area contributed by atoms with Gasteiger partial charge >= 0.3 is 6.03 Å². The Balaban J connectivity index is 0.000000218. The van der Waals surface area contributed by atoms with E-state index in [9.17, 15) is 0 Å². The number of carbonyl (C=O) groups excluding carboxylic acids is 1. The molecule has 0 unspecified atom stereocenters. The molecule has 0 saturated heterocycles. The smallest absolute Gasteiger partial charge is 0.309 e. The van der Waals surface area contributed by atoms with E-state index in [0.717, 1.165) is 0 Å². The summed E-state index contributed by atoms with van der Waals surface area (Å²) in [7, 11) is 0. The lowest BCUT2D eigenvalue weighted by Crippen LogP contribution is -2.18. The summed E-state index contributed by atoms with van der Waals surface area (Å²) in [4.78, 5) is 16.3. The maximum atomic E-state index is 9.00. The van der Waals surface area contributed by atoms with Crippen molar-refractivity contribution in [2.75, 3.05) is 0 Å². The van der Waals surface area contributed by atoms with Crippen molar-refractivity contribution in [3.63, 3.8) is 0 Å². The quantitative estimate of drug-likeness (QED) is 0.549. The Morgan fingerprint density at radius 3 is 1.91 bits per heavy atom. The molecule has 4 N–H and O–H groups in total. The van der Waals surface area contributed by atoms with Crippen LogP contribution in [0.1, 0.15) is 0 Å². The molecule has 1 aromatic rings. The Morgan fingerprint density at radius 2 is 1.73 bits per heavy atom. The van der Waals surface area contributed by atoms with Gasteiger partial charge in [0.2, 0.25) is 5.28 Å². The van der Waals surface area contributed by atoms with Crippen molar-refractivity contribution in [1.82, 2.24) is 9.97 Å². The fraction of sp³-hybridized carbons (Fsp3) is 0. The molecule has 0 aromatic carbocycles. The van der Waals surface area contributed by atoms with Crippen LogP contribution in [0.3, 0.4) is 0 Å². The normalized spacial score (nSPS) is 7.73. The number of rotatable bonds is 0. The van der Waals surface area contributed by atoms with Crippen LogP contribution in [0.5, 0.6) is 0 Å². The first-order valence-electron chi connectivity index (χ1n) is 2.60. The van der Waals surface area contributed by atoms with Crippen molar-refractivity contribution < 1.29 is 4.79 Å². The highest BCUT2D eigenvalue weighted by Gasteiger charge is 1.78. The van der Waals surface area contributed by atoms with Crippen LogP contribution in [-0.2, 0) is 0 Å². The first kappa shape index (κ1) is 9.64. The van der Waals surface area contributed by atoms with Crippen LogP contribution in [-0.4, -0.2) is 16.0 Å². The van der Waals surface area contributed by atoms with Gasteiger partial charge in [-0.3, -0.25) is 0 Å². The minimum Gasteiger partial charge on any atom is -0.352 e. The number of halogens is 1. The van der Waals surface area contributed by atoms with E-state index in [1.807, 2.05) is 0 Å². The second-order valence-electron chi connectivity index (χ2n) is 1.42. The number of hydrogen-bond acceptors (Lipinski definition) is 3. The molecule has 6 heteroatoms. The van der Waals surface area contributed by atoms with Crippen molar-refractivity contribution in [1.29, 1.82) is 0 Å². The molecule has 11 heavy (non-hydrogen) atoms. The van der Waals surface area contributed by atoms with Gasteiger partial charge < -0.3 is 11.5 Å². The number of hydrogen-bond donors (Lipinski definition) is 2. The third-order valence-corrected chi connectivity index (χ3v) is 0.729. The predicted molar refractivity (Wildman–Crippen MR) is 40.8 cm³/mol. The Hall–Kier alpha value is -1.36. The molecule has 0 saturated carbocycles. The number of nitrogens with two attached hydrogens (primary N) is 2. The average molecular weight is 175 g/mol. The van der Waals surface area contributed by atoms with Gasteiger partial charge in [-0.2, -0.15) is 0 Å². The first-order valence-corrected chi connectivity index (χ1v) is 2.98. The molecule has 0 bridgehead atoms. The van der Waals surface area contributed by atoms with E-state index in [-0.39, 0.29) is 0 Å². The number of aromatic nitrogens is 2. The van der Waals surface area contributed by atoms with E-state index in [0.29, 0.717) is 5.28 Å². The molecule has 0 radical (unpaired) electrons. The third kappa shape index (κ3) is 8.64. The van der Waals surface area contributed by atoms with E-state index in [1.165, 1.54) is 0 Å². The Bertz CT molecular complexity index is 211. The molecule has 1 aromatic heterocycles. The molecule has 0 spiro atoms. The number of carbonyl (C=O) groups is 1. The maximum Gasteiger partial charge on any atom is 0.309 e. The average Bonchev–Trinajstić information content (AvgIpc) is 1.87. The van der Waals surface area contributed by atoms with Gasteiger partial charge in [-0.05, 0) is 17.7 Å². The zero-order chi connectivity index (χ0) is 8.69. The lowest BCUT2D eigenvalue weighted by molar-refractivity contribution is 0.256. The van der Waals surface area contributed by atoms with Gasteiger partial charge in [0.25, 0.3) is 0 Å². The minimum absolute atomic E-state index is 0.294. The van der Waals surface area contributed by atoms with Crippen molar-refractivity contribution >= 4 is 17.6 Å². The molecule has 0 aliphatic carbocycles. The number of nitrogens with zero attached hydrogens (tertiary/aromatic N) is 2. The number of amides is 2. The van der Waals surface area contributed by atoms with Gasteiger partial charge in [0.15, 0.2) is 0 Å².